The number of carbonyl (C=O) groups excluding carboxylic acids is 2. The minimum atomic E-state index is -0.398. The van der Waals surface area contributed by atoms with Crippen molar-refractivity contribution in [3.63, 3.8) is 0 Å². The van der Waals surface area contributed by atoms with E-state index < -0.39 is 5.97 Å². The van der Waals surface area contributed by atoms with Crippen molar-refractivity contribution in [2.45, 2.75) is 6.54 Å². The molecule has 0 fully saturated rings. The van der Waals surface area contributed by atoms with Crippen LogP contribution in [0.3, 0.4) is 0 Å². The van der Waals surface area contributed by atoms with Gasteiger partial charge < -0.3 is 20.7 Å². The van der Waals surface area contributed by atoms with Crippen molar-refractivity contribution in [1.82, 2.24) is 15.6 Å². The van der Waals surface area contributed by atoms with Crippen LogP contribution in [-0.4, -0.2) is 37.2 Å². The fourth-order valence-corrected chi connectivity index (χ4v) is 2.47. The van der Waals surface area contributed by atoms with E-state index in [4.69, 9.17) is 23.2 Å². The van der Waals surface area contributed by atoms with Crippen molar-refractivity contribution in [3.05, 3.63) is 57.7 Å². The molecule has 0 unspecified atom stereocenters. The van der Waals surface area contributed by atoms with E-state index in [-0.39, 0.29) is 6.03 Å². The number of methoxy groups -OCH3 is 1. The molecule has 0 spiro atoms. The zero-order chi connectivity index (χ0) is 18.9. The number of nitrogens with one attached hydrogen (secondary N) is 3. The number of halogens is 2. The number of esters is 1. The first-order chi connectivity index (χ1) is 12.5. The first-order valence-corrected chi connectivity index (χ1v) is 8.49. The molecule has 0 bridgehead atoms. The number of amides is 2. The fraction of sp³-hybridized carbons (Fsp3) is 0.235. The van der Waals surface area contributed by atoms with Gasteiger partial charge in [-0.3, -0.25) is 0 Å². The highest BCUT2D eigenvalue weighted by Gasteiger charge is 2.06. The molecule has 0 aliphatic rings. The summed E-state index contributed by atoms with van der Waals surface area (Å²) in [6.45, 7) is 1.18. The number of benzene rings is 1. The number of hydrogen-bond acceptors (Lipinski definition) is 5. The molecule has 2 aromatic rings. The molecule has 1 aromatic heterocycles. The van der Waals surface area contributed by atoms with E-state index in [0.717, 1.165) is 5.56 Å². The van der Waals surface area contributed by atoms with E-state index in [9.17, 15) is 9.59 Å². The number of urea groups is 1. The second-order valence-corrected chi connectivity index (χ2v) is 6.05. The Hall–Kier alpha value is -2.51. The minimum Gasteiger partial charge on any atom is -0.465 e. The second-order valence-electron chi connectivity index (χ2n) is 5.21. The first-order valence-electron chi connectivity index (χ1n) is 7.73. The van der Waals surface area contributed by atoms with Crippen LogP contribution in [0.15, 0.2) is 36.5 Å². The molecule has 3 N–H and O–H groups in total. The summed E-state index contributed by atoms with van der Waals surface area (Å²) in [7, 11) is 1.33. The van der Waals surface area contributed by atoms with Crippen LogP contribution in [0.4, 0.5) is 10.6 Å². The summed E-state index contributed by atoms with van der Waals surface area (Å²) in [6.07, 6.45) is 1.49. The van der Waals surface area contributed by atoms with Gasteiger partial charge in [0, 0.05) is 25.8 Å². The van der Waals surface area contributed by atoms with Gasteiger partial charge in [-0.1, -0.05) is 35.3 Å². The van der Waals surface area contributed by atoms with Crippen molar-refractivity contribution in [1.29, 1.82) is 0 Å². The Morgan fingerprint density at radius 2 is 1.85 bits per heavy atom. The number of hydrogen-bond donors (Lipinski definition) is 3. The summed E-state index contributed by atoms with van der Waals surface area (Å²) < 4.78 is 4.63. The van der Waals surface area contributed by atoms with Gasteiger partial charge in [-0.2, -0.15) is 0 Å². The zero-order valence-electron chi connectivity index (χ0n) is 14.0. The number of pyridine rings is 1. The van der Waals surface area contributed by atoms with E-state index in [1.165, 1.54) is 13.3 Å². The van der Waals surface area contributed by atoms with Crippen LogP contribution in [0.25, 0.3) is 0 Å². The molecule has 138 valence electrons. The molecule has 26 heavy (non-hydrogen) atoms. The van der Waals surface area contributed by atoms with Gasteiger partial charge in [0.1, 0.15) is 5.82 Å². The standard InChI is InChI=1S/C17H18Cl2N4O3/c1-26-16(24)12-4-2-11(3-5-12)9-23-17(25)21-7-6-20-15-14(19)8-13(18)10-22-15/h2-5,8,10H,6-7,9H2,1H3,(H,20,22)(H2,21,23,25). The fourth-order valence-electron chi connectivity index (χ4n) is 2.02. The van der Waals surface area contributed by atoms with Gasteiger partial charge in [0.25, 0.3) is 0 Å². The highest BCUT2D eigenvalue weighted by molar-refractivity contribution is 6.35. The molecule has 9 heteroatoms. The summed E-state index contributed by atoms with van der Waals surface area (Å²) in [5.74, 6) is 0.106. The quantitative estimate of drug-likeness (QED) is 0.493. The Morgan fingerprint density at radius 3 is 2.50 bits per heavy atom. The van der Waals surface area contributed by atoms with Crippen LogP contribution < -0.4 is 16.0 Å². The number of anilines is 1. The molecule has 7 nitrogen and oxygen atoms in total. The first kappa shape index (κ1) is 19.8. The predicted octanol–water partition coefficient (Wildman–Crippen LogP) is 3.09. The normalized spacial score (nSPS) is 10.1. The third kappa shape index (κ3) is 6.09. The van der Waals surface area contributed by atoms with Crippen molar-refractivity contribution in [2.75, 3.05) is 25.5 Å². The lowest BCUT2D eigenvalue weighted by molar-refractivity contribution is 0.0600. The van der Waals surface area contributed by atoms with Crippen LogP contribution in [0, 0.1) is 0 Å². The minimum absolute atomic E-state index is 0.306. The van der Waals surface area contributed by atoms with Crippen molar-refractivity contribution in [3.8, 4) is 0 Å². The lowest BCUT2D eigenvalue weighted by Crippen LogP contribution is -2.37. The molecule has 2 rings (SSSR count). The Kier molecular flexibility index (Phi) is 7.50. The molecular formula is C17H18Cl2N4O3. The topological polar surface area (TPSA) is 92.3 Å². The number of aromatic nitrogens is 1. The van der Waals surface area contributed by atoms with E-state index in [1.807, 2.05) is 0 Å². The van der Waals surface area contributed by atoms with Crippen LogP contribution in [0.2, 0.25) is 10.0 Å². The highest BCUT2D eigenvalue weighted by atomic mass is 35.5. The number of ether oxygens (including phenoxy) is 1. The van der Waals surface area contributed by atoms with E-state index in [1.54, 1.807) is 30.3 Å². The van der Waals surface area contributed by atoms with Crippen molar-refractivity contribution >= 4 is 41.0 Å². The maximum absolute atomic E-state index is 11.8. The van der Waals surface area contributed by atoms with Gasteiger partial charge in [0.15, 0.2) is 0 Å². The third-order valence-corrected chi connectivity index (χ3v) is 3.83. The maximum Gasteiger partial charge on any atom is 0.337 e. The Morgan fingerprint density at radius 1 is 1.12 bits per heavy atom. The van der Waals surface area contributed by atoms with Crippen molar-refractivity contribution in [2.24, 2.45) is 0 Å². The van der Waals surface area contributed by atoms with Gasteiger partial charge in [-0.05, 0) is 23.8 Å². The maximum atomic E-state index is 11.8. The molecule has 0 saturated heterocycles. The van der Waals surface area contributed by atoms with Crippen molar-refractivity contribution < 1.29 is 14.3 Å². The molecule has 0 aliphatic carbocycles. The lowest BCUT2D eigenvalue weighted by atomic mass is 10.1. The van der Waals surface area contributed by atoms with Crippen LogP contribution >= 0.6 is 23.2 Å². The summed E-state index contributed by atoms with van der Waals surface area (Å²) >= 11 is 11.8. The van der Waals surface area contributed by atoms with Gasteiger partial charge >= 0.3 is 12.0 Å². The number of carbonyl (C=O) groups is 2. The Balaban J connectivity index is 1.68. The predicted molar refractivity (Wildman–Crippen MR) is 101 cm³/mol. The monoisotopic (exact) mass is 396 g/mol. The lowest BCUT2D eigenvalue weighted by Gasteiger charge is -2.10. The van der Waals surface area contributed by atoms with Crippen LogP contribution in [0.5, 0.6) is 0 Å². The summed E-state index contributed by atoms with van der Waals surface area (Å²) in [6, 6.07) is 8.08. The van der Waals surface area contributed by atoms with E-state index in [2.05, 4.69) is 25.7 Å². The SMILES string of the molecule is COC(=O)c1ccc(CNC(=O)NCCNc2ncc(Cl)cc2Cl)cc1. The molecule has 0 atom stereocenters. The molecular weight excluding hydrogens is 379 g/mol. The second kappa shape index (κ2) is 9.84. The molecule has 1 aromatic carbocycles. The van der Waals surface area contributed by atoms with Crippen LogP contribution in [-0.2, 0) is 11.3 Å². The molecule has 0 radical (unpaired) electrons. The average molecular weight is 397 g/mol. The van der Waals surface area contributed by atoms with Gasteiger partial charge in [-0.25, -0.2) is 14.6 Å². The Labute approximate surface area is 161 Å². The summed E-state index contributed by atoms with van der Waals surface area (Å²) in [4.78, 5) is 27.2. The zero-order valence-corrected chi connectivity index (χ0v) is 15.5. The van der Waals surface area contributed by atoms with Gasteiger partial charge in [-0.15, -0.1) is 0 Å². The largest absolute Gasteiger partial charge is 0.465 e. The van der Waals surface area contributed by atoms with Gasteiger partial charge in [0.2, 0.25) is 0 Å². The molecule has 0 aliphatic heterocycles. The molecule has 2 amide bonds. The van der Waals surface area contributed by atoms with Gasteiger partial charge in [0.05, 0.1) is 22.7 Å². The summed E-state index contributed by atoms with van der Waals surface area (Å²) in [5, 5.41) is 9.31. The number of rotatable bonds is 7. The molecule has 0 saturated carbocycles. The van der Waals surface area contributed by atoms with E-state index in [0.29, 0.717) is 41.1 Å². The smallest absolute Gasteiger partial charge is 0.337 e. The highest BCUT2D eigenvalue weighted by Crippen LogP contribution is 2.21. The third-order valence-electron chi connectivity index (χ3n) is 3.34. The average Bonchev–Trinajstić information content (AvgIpc) is 2.64. The Bertz CT molecular complexity index is 769. The summed E-state index contributed by atoms with van der Waals surface area (Å²) in [5.41, 5.74) is 1.32. The van der Waals surface area contributed by atoms with E-state index >= 15 is 0 Å². The van der Waals surface area contributed by atoms with Crippen LogP contribution in [0.1, 0.15) is 15.9 Å². The number of nitrogens with zero attached hydrogens (tertiary/aromatic N) is 1. The molecule has 1 heterocycles.